The molecule has 1 saturated carbocycles. The van der Waals surface area contributed by atoms with E-state index >= 15 is 0 Å². The lowest BCUT2D eigenvalue weighted by Gasteiger charge is -1.98. The molecular weight excluding hydrogens is 254 g/mol. The molecule has 1 aliphatic rings. The van der Waals surface area contributed by atoms with Crippen molar-refractivity contribution in [3.63, 3.8) is 0 Å². The number of thiazole rings is 2. The number of aromatic nitrogens is 2. The molecule has 0 unspecified atom stereocenters. The van der Waals surface area contributed by atoms with Gasteiger partial charge in [-0.2, -0.15) is 0 Å². The molecule has 0 radical (unpaired) electrons. The summed E-state index contributed by atoms with van der Waals surface area (Å²) in [7, 11) is 0. The van der Waals surface area contributed by atoms with Crippen LogP contribution >= 0.6 is 22.7 Å². The average molecular weight is 265 g/mol. The van der Waals surface area contributed by atoms with Crippen LogP contribution in [0.1, 0.15) is 39.1 Å². The Hall–Kier alpha value is -1.27. The molecule has 0 atom stereocenters. The van der Waals surface area contributed by atoms with Crippen molar-refractivity contribution in [3.8, 4) is 0 Å². The minimum absolute atomic E-state index is 0.0955. The van der Waals surface area contributed by atoms with E-state index in [2.05, 4.69) is 15.3 Å². The second-order valence-corrected chi connectivity index (χ2v) is 5.96. The van der Waals surface area contributed by atoms with E-state index in [1.165, 1.54) is 35.5 Å². The molecule has 1 aliphatic carbocycles. The van der Waals surface area contributed by atoms with E-state index in [1.54, 1.807) is 6.20 Å². The maximum atomic E-state index is 12.0. The third-order valence-corrected chi connectivity index (χ3v) is 4.61. The molecule has 3 rings (SSSR count). The number of carbonyl (C=O) groups excluding carboxylic acids is 1. The highest BCUT2D eigenvalue weighted by Crippen LogP contribution is 2.42. The second kappa shape index (κ2) is 4.19. The van der Waals surface area contributed by atoms with E-state index < -0.39 is 0 Å². The standard InChI is InChI=1S/C11H11N3OS2/c1-6-8(17-10(13-6)7-2-3-7)9(15)14-11-12-4-5-16-11/h4-5,7H,2-3H2,1H3,(H,12,14,15). The summed E-state index contributed by atoms with van der Waals surface area (Å²) in [5, 5.41) is 6.37. The lowest BCUT2D eigenvalue weighted by Crippen LogP contribution is -2.11. The number of rotatable bonds is 3. The van der Waals surface area contributed by atoms with E-state index in [0.29, 0.717) is 15.9 Å². The van der Waals surface area contributed by atoms with Gasteiger partial charge >= 0.3 is 0 Å². The fourth-order valence-electron chi connectivity index (χ4n) is 1.57. The highest BCUT2D eigenvalue weighted by molar-refractivity contribution is 7.15. The van der Waals surface area contributed by atoms with E-state index in [0.717, 1.165) is 10.7 Å². The third-order valence-electron chi connectivity index (χ3n) is 2.60. The van der Waals surface area contributed by atoms with Crippen LogP contribution in [0.3, 0.4) is 0 Å². The predicted molar refractivity (Wildman–Crippen MR) is 68.9 cm³/mol. The van der Waals surface area contributed by atoms with Gasteiger partial charge < -0.3 is 0 Å². The van der Waals surface area contributed by atoms with Gasteiger partial charge in [-0.25, -0.2) is 9.97 Å². The number of nitrogens with one attached hydrogen (secondary N) is 1. The molecule has 6 heteroatoms. The molecule has 1 amide bonds. The first-order valence-corrected chi connectivity index (χ1v) is 7.12. The monoisotopic (exact) mass is 265 g/mol. The molecule has 88 valence electrons. The van der Waals surface area contributed by atoms with Crippen molar-refractivity contribution in [1.29, 1.82) is 0 Å². The third kappa shape index (κ3) is 2.23. The summed E-state index contributed by atoms with van der Waals surface area (Å²) >= 11 is 2.93. The van der Waals surface area contributed by atoms with Crippen molar-refractivity contribution in [2.45, 2.75) is 25.7 Å². The van der Waals surface area contributed by atoms with Gasteiger partial charge in [-0.3, -0.25) is 10.1 Å². The largest absolute Gasteiger partial charge is 0.297 e. The van der Waals surface area contributed by atoms with Gasteiger partial charge in [-0.1, -0.05) is 0 Å². The fraction of sp³-hybridized carbons (Fsp3) is 0.364. The van der Waals surface area contributed by atoms with Crippen LogP contribution in [0.4, 0.5) is 5.13 Å². The van der Waals surface area contributed by atoms with Gasteiger partial charge in [0.15, 0.2) is 5.13 Å². The van der Waals surface area contributed by atoms with Gasteiger partial charge in [0.2, 0.25) is 0 Å². The summed E-state index contributed by atoms with van der Waals surface area (Å²) in [6, 6.07) is 0. The van der Waals surface area contributed by atoms with E-state index in [4.69, 9.17) is 0 Å². The van der Waals surface area contributed by atoms with Gasteiger partial charge in [0.05, 0.1) is 10.7 Å². The summed E-state index contributed by atoms with van der Waals surface area (Å²) in [6.07, 6.45) is 4.09. The van der Waals surface area contributed by atoms with E-state index in [9.17, 15) is 4.79 Å². The van der Waals surface area contributed by atoms with Crippen LogP contribution in [0.15, 0.2) is 11.6 Å². The molecule has 2 heterocycles. The van der Waals surface area contributed by atoms with Crippen LogP contribution in [0.5, 0.6) is 0 Å². The van der Waals surface area contributed by atoms with Crippen LogP contribution in [0.25, 0.3) is 0 Å². The highest BCUT2D eigenvalue weighted by atomic mass is 32.1. The number of hydrogen-bond acceptors (Lipinski definition) is 5. The topological polar surface area (TPSA) is 54.9 Å². The van der Waals surface area contributed by atoms with Crippen LogP contribution in [-0.2, 0) is 0 Å². The zero-order valence-corrected chi connectivity index (χ0v) is 10.9. The van der Waals surface area contributed by atoms with Crippen molar-refractivity contribution in [1.82, 2.24) is 9.97 Å². The van der Waals surface area contributed by atoms with Gasteiger partial charge in [0.25, 0.3) is 5.91 Å². The Morgan fingerprint density at radius 2 is 2.35 bits per heavy atom. The highest BCUT2D eigenvalue weighted by Gasteiger charge is 2.29. The zero-order valence-electron chi connectivity index (χ0n) is 9.27. The first-order chi connectivity index (χ1) is 8.24. The minimum atomic E-state index is -0.0955. The molecule has 0 saturated heterocycles. The van der Waals surface area contributed by atoms with Gasteiger partial charge in [-0.15, -0.1) is 22.7 Å². The van der Waals surface area contributed by atoms with Crippen molar-refractivity contribution < 1.29 is 4.79 Å². The molecule has 4 nitrogen and oxygen atoms in total. The molecule has 1 N–H and O–H groups in total. The molecule has 0 bridgehead atoms. The van der Waals surface area contributed by atoms with Crippen LogP contribution in [0.2, 0.25) is 0 Å². The number of nitrogens with zero attached hydrogens (tertiary/aromatic N) is 2. The number of aryl methyl sites for hydroxylation is 1. The van der Waals surface area contributed by atoms with Crippen molar-refractivity contribution in [2.75, 3.05) is 5.32 Å². The number of carbonyl (C=O) groups is 1. The van der Waals surface area contributed by atoms with Gasteiger partial charge in [-0.05, 0) is 19.8 Å². The fourth-order valence-corrected chi connectivity index (χ4v) is 3.23. The predicted octanol–water partition coefficient (Wildman–Crippen LogP) is 3.04. The molecule has 1 fully saturated rings. The average Bonchev–Trinajstić information content (AvgIpc) is 2.89. The van der Waals surface area contributed by atoms with Crippen LogP contribution in [0, 0.1) is 6.92 Å². The Bertz CT molecular complexity index is 543. The molecular formula is C11H11N3OS2. The van der Waals surface area contributed by atoms with Crippen LogP contribution < -0.4 is 5.32 Å². The molecule has 2 aromatic rings. The number of anilines is 1. The summed E-state index contributed by atoms with van der Waals surface area (Å²) in [4.78, 5) is 21.2. The minimum Gasteiger partial charge on any atom is -0.297 e. The Labute approximate surface area is 107 Å². The second-order valence-electron chi connectivity index (χ2n) is 4.03. The number of hydrogen-bond donors (Lipinski definition) is 1. The molecule has 0 spiro atoms. The lowest BCUT2D eigenvalue weighted by atomic mass is 10.4. The van der Waals surface area contributed by atoms with Crippen LogP contribution in [-0.4, -0.2) is 15.9 Å². The van der Waals surface area contributed by atoms with Gasteiger partial charge in [0, 0.05) is 17.5 Å². The molecule has 0 aliphatic heterocycles. The maximum absolute atomic E-state index is 12.0. The summed E-state index contributed by atoms with van der Waals surface area (Å²) < 4.78 is 0. The van der Waals surface area contributed by atoms with Crippen molar-refractivity contribution >= 4 is 33.7 Å². The molecule has 17 heavy (non-hydrogen) atoms. The summed E-state index contributed by atoms with van der Waals surface area (Å²) in [6.45, 7) is 1.89. The summed E-state index contributed by atoms with van der Waals surface area (Å²) in [5.74, 6) is 0.502. The first-order valence-electron chi connectivity index (χ1n) is 5.42. The Morgan fingerprint density at radius 1 is 1.53 bits per heavy atom. The van der Waals surface area contributed by atoms with Gasteiger partial charge in [0.1, 0.15) is 4.88 Å². The Morgan fingerprint density at radius 3 is 3.00 bits per heavy atom. The van der Waals surface area contributed by atoms with E-state index in [-0.39, 0.29) is 5.91 Å². The Balaban J connectivity index is 1.80. The smallest absolute Gasteiger partial charge is 0.269 e. The maximum Gasteiger partial charge on any atom is 0.269 e. The zero-order chi connectivity index (χ0) is 11.8. The normalized spacial score (nSPS) is 14.9. The quantitative estimate of drug-likeness (QED) is 0.928. The van der Waals surface area contributed by atoms with Crippen molar-refractivity contribution in [3.05, 3.63) is 27.2 Å². The lowest BCUT2D eigenvalue weighted by molar-refractivity contribution is 0.103. The summed E-state index contributed by atoms with van der Waals surface area (Å²) in [5.41, 5.74) is 0.825. The molecule has 0 aromatic carbocycles. The molecule has 2 aromatic heterocycles. The van der Waals surface area contributed by atoms with E-state index in [1.807, 2.05) is 12.3 Å². The van der Waals surface area contributed by atoms with Crippen molar-refractivity contribution in [2.24, 2.45) is 0 Å². The SMILES string of the molecule is Cc1nc(C2CC2)sc1C(=O)Nc1nccs1. The number of amides is 1. The Kier molecular flexibility index (Phi) is 2.68. The first kappa shape index (κ1) is 10.9.